The van der Waals surface area contributed by atoms with Gasteiger partial charge in [-0.1, -0.05) is 146 Å². The van der Waals surface area contributed by atoms with Gasteiger partial charge < -0.3 is 10.1 Å². The Morgan fingerprint density at radius 2 is 1.06 bits per heavy atom. The summed E-state index contributed by atoms with van der Waals surface area (Å²) in [5, 5.41) is 3.56. The summed E-state index contributed by atoms with van der Waals surface area (Å²) >= 11 is 0. The molecule has 54 heavy (non-hydrogen) atoms. The number of halogens is 3. The van der Waals surface area contributed by atoms with Crippen molar-refractivity contribution >= 4 is 11.7 Å². The van der Waals surface area contributed by atoms with Crippen LogP contribution in [0.4, 0.5) is 13.2 Å². The van der Waals surface area contributed by atoms with Gasteiger partial charge in [-0.15, -0.1) is 0 Å². The second kappa shape index (κ2) is 12.2. The van der Waals surface area contributed by atoms with Gasteiger partial charge in [0.2, 0.25) is 0 Å². The Balaban J connectivity index is 1.14. The zero-order valence-corrected chi connectivity index (χ0v) is 28.7. The van der Waals surface area contributed by atoms with Gasteiger partial charge in [0.15, 0.2) is 5.84 Å². The first kappa shape index (κ1) is 32.0. The molecular formula is C47H30F3N3O. The molecule has 2 aliphatic heterocycles. The maximum absolute atomic E-state index is 13.2. The topological polar surface area (TPSA) is 46.0 Å². The van der Waals surface area contributed by atoms with Crippen LogP contribution < -0.4 is 10.1 Å². The lowest BCUT2D eigenvalue weighted by Gasteiger charge is -2.39. The number of nitrogens with zero attached hydrogens (tertiary/aromatic N) is 2. The predicted octanol–water partition coefficient (Wildman–Crippen LogP) is 11.3. The van der Waals surface area contributed by atoms with Crippen molar-refractivity contribution in [2.24, 2.45) is 9.98 Å². The number of ether oxygens (including phenoxy) is 1. The van der Waals surface area contributed by atoms with Gasteiger partial charge in [-0.05, 0) is 63.2 Å². The van der Waals surface area contributed by atoms with E-state index in [2.05, 4.69) is 72.0 Å². The molecule has 0 aromatic heterocycles. The summed E-state index contributed by atoms with van der Waals surface area (Å²) in [5.41, 5.74) is 9.60. The van der Waals surface area contributed by atoms with E-state index < -0.39 is 23.3 Å². The van der Waals surface area contributed by atoms with Gasteiger partial charge in [0.25, 0.3) is 0 Å². The third-order valence-electron chi connectivity index (χ3n) is 10.7. The van der Waals surface area contributed by atoms with Crippen LogP contribution in [-0.4, -0.2) is 11.7 Å². The first-order chi connectivity index (χ1) is 26.4. The molecular weight excluding hydrogens is 680 g/mol. The average Bonchev–Trinajstić information content (AvgIpc) is 3.52. The second-order valence-corrected chi connectivity index (χ2v) is 13.6. The minimum atomic E-state index is -4.39. The fourth-order valence-electron chi connectivity index (χ4n) is 8.28. The monoisotopic (exact) mass is 709 g/mol. The number of nitrogens with one attached hydrogen (secondary N) is 1. The zero-order chi connectivity index (χ0) is 36.4. The second-order valence-electron chi connectivity index (χ2n) is 13.6. The molecule has 0 radical (unpaired) electrons. The van der Waals surface area contributed by atoms with Crippen LogP contribution in [0.2, 0.25) is 0 Å². The molecule has 1 spiro atoms. The van der Waals surface area contributed by atoms with Crippen molar-refractivity contribution in [1.82, 2.24) is 5.32 Å². The molecule has 7 aromatic carbocycles. The molecule has 1 N–H and O–H groups in total. The predicted molar refractivity (Wildman–Crippen MR) is 206 cm³/mol. The summed E-state index contributed by atoms with van der Waals surface area (Å²) in [6.07, 6.45) is -4.81. The maximum Gasteiger partial charge on any atom is 0.416 e. The minimum absolute atomic E-state index is 0.422. The van der Waals surface area contributed by atoms with Gasteiger partial charge in [0.1, 0.15) is 23.5 Å². The van der Waals surface area contributed by atoms with Crippen molar-refractivity contribution in [1.29, 1.82) is 0 Å². The summed E-state index contributed by atoms with van der Waals surface area (Å²) in [7, 11) is 0. The number of amidine groups is 2. The van der Waals surface area contributed by atoms with Crippen LogP contribution in [0.3, 0.4) is 0 Å². The Hall–Kier alpha value is -6.73. The third-order valence-corrected chi connectivity index (χ3v) is 10.7. The quantitative estimate of drug-likeness (QED) is 0.198. The van der Waals surface area contributed by atoms with Gasteiger partial charge in [0.05, 0.1) is 11.0 Å². The molecule has 3 aliphatic rings. The molecule has 0 bridgehead atoms. The van der Waals surface area contributed by atoms with Crippen LogP contribution in [0.15, 0.2) is 180 Å². The Morgan fingerprint density at radius 3 is 1.72 bits per heavy atom. The van der Waals surface area contributed by atoms with E-state index in [1.807, 2.05) is 78.9 Å². The summed E-state index contributed by atoms with van der Waals surface area (Å²) in [4.78, 5) is 10.5. The number of hydrogen-bond donors (Lipinski definition) is 1. The molecule has 1 atom stereocenters. The lowest BCUT2D eigenvalue weighted by Crippen LogP contribution is -2.34. The van der Waals surface area contributed by atoms with Gasteiger partial charge in [0, 0.05) is 22.3 Å². The van der Waals surface area contributed by atoms with E-state index in [1.165, 1.54) is 17.7 Å². The lowest BCUT2D eigenvalue weighted by molar-refractivity contribution is -0.137. The lowest BCUT2D eigenvalue weighted by atomic mass is 9.66. The first-order valence-electron chi connectivity index (χ1n) is 17.8. The number of rotatable bonds is 4. The molecule has 0 saturated heterocycles. The molecule has 0 saturated carbocycles. The van der Waals surface area contributed by atoms with Gasteiger partial charge in [-0.25, -0.2) is 9.98 Å². The van der Waals surface area contributed by atoms with Crippen molar-refractivity contribution in [3.05, 3.63) is 214 Å². The third kappa shape index (κ3) is 4.92. The van der Waals surface area contributed by atoms with E-state index in [1.54, 1.807) is 0 Å². The Kier molecular flexibility index (Phi) is 7.20. The largest absolute Gasteiger partial charge is 0.457 e. The fraction of sp³-hybridized carbons (Fsp3) is 0.0638. The van der Waals surface area contributed by atoms with Crippen LogP contribution >= 0.6 is 0 Å². The highest BCUT2D eigenvalue weighted by atomic mass is 19.4. The number of para-hydroxylation sites is 2. The molecule has 10 rings (SSSR count). The molecule has 260 valence electrons. The summed E-state index contributed by atoms with van der Waals surface area (Å²) in [5.74, 6) is 2.90. The maximum atomic E-state index is 13.2. The smallest absolute Gasteiger partial charge is 0.416 e. The number of alkyl halides is 3. The minimum Gasteiger partial charge on any atom is -0.457 e. The Labute approximate surface area is 310 Å². The fourth-order valence-corrected chi connectivity index (χ4v) is 8.28. The average molecular weight is 710 g/mol. The Bertz CT molecular complexity index is 2600. The van der Waals surface area contributed by atoms with Crippen molar-refractivity contribution in [3.8, 4) is 33.8 Å². The summed E-state index contributed by atoms with van der Waals surface area (Å²) in [6, 6.07) is 54.6. The van der Waals surface area contributed by atoms with Crippen LogP contribution in [0, 0.1) is 0 Å². The molecule has 0 amide bonds. The normalized spacial score (nSPS) is 16.2. The number of fused-ring (bicyclic) bond motifs is 9. The Morgan fingerprint density at radius 1 is 0.519 bits per heavy atom. The van der Waals surface area contributed by atoms with Crippen LogP contribution in [0.1, 0.15) is 50.7 Å². The van der Waals surface area contributed by atoms with Crippen molar-refractivity contribution in [2.45, 2.75) is 17.8 Å². The highest BCUT2D eigenvalue weighted by Crippen LogP contribution is 2.62. The van der Waals surface area contributed by atoms with E-state index in [4.69, 9.17) is 14.7 Å². The SMILES string of the molecule is FC(F)(F)c1ccc(-c2ccc(C3=NC(c4cccc5c4-c4ccccc4C54c5ccccc5Oc5ccccc54)=NC(c4ccccc4)N3)cc2)cc1. The molecule has 0 fully saturated rings. The van der Waals surface area contributed by atoms with E-state index in [0.717, 1.165) is 73.7 Å². The van der Waals surface area contributed by atoms with E-state index in [0.29, 0.717) is 17.2 Å². The number of hydrogen-bond acceptors (Lipinski definition) is 4. The highest BCUT2D eigenvalue weighted by molar-refractivity contribution is 6.16. The molecule has 7 aromatic rings. The summed E-state index contributed by atoms with van der Waals surface area (Å²) < 4.78 is 46.2. The van der Waals surface area contributed by atoms with E-state index in [-0.39, 0.29) is 0 Å². The zero-order valence-electron chi connectivity index (χ0n) is 28.7. The molecule has 7 heteroatoms. The molecule has 2 heterocycles. The number of benzene rings is 7. The van der Waals surface area contributed by atoms with Gasteiger partial charge >= 0.3 is 6.18 Å². The number of aliphatic imine (C=N–C) groups is 2. The molecule has 1 unspecified atom stereocenters. The first-order valence-corrected chi connectivity index (χ1v) is 17.8. The van der Waals surface area contributed by atoms with Crippen molar-refractivity contribution in [3.63, 3.8) is 0 Å². The summed E-state index contributed by atoms with van der Waals surface area (Å²) in [6.45, 7) is 0. The van der Waals surface area contributed by atoms with Crippen LogP contribution in [-0.2, 0) is 11.6 Å². The van der Waals surface area contributed by atoms with Gasteiger partial charge in [-0.2, -0.15) is 13.2 Å². The van der Waals surface area contributed by atoms with Crippen LogP contribution in [0.5, 0.6) is 11.5 Å². The highest BCUT2D eigenvalue weighted by Gasteiger charge is 2.51. The molecule has 1 aliphatic carbocycles. The van der Waals surface area contributed by atoms with Gasteiger partial charge in [-0.3, -0.25) is 0 Å². The van der Waals surface area contributed by atoms with Crippen molar-refractivity contribution in [2.75, 3.05) is 0 Å². The van der Waals surface area contributed by atoms with Crippen LogP contribution in [0.25, 0.3) is 22.3 Å². The standard InChI is InChI=1S/C47H30F3N3O/c48-47(49,50)33-27-25-30(26-28-33)29-21-23-32(24-22-29)44-51-43(31-11-2-1-3-12-31)52-45(53-44)35-14-10-18-39-42(35)34-13-4-5-15-36(34)46(39)37-16-6-8-19-40(37)54-41-20-9-7-17-38(41)46/h1-28,43H,(H,51,52,53). The van der Waals surface area contributed by atoms with E-state index in [9.17, 15) is 13.2 Å². The molecule has 4 nitrogen and oxygen atoms in total. The van der Waals surface area contributed by atoms with Crippen molar-refractivity contribution < 1.29 is 17.9 Å². The van der Waals surface area contributed by atoms with E-state index >= 15 is 0 Å².